The molecule has 130 valence electrons. The van der Waals surface area contributed by atoms with E-state index in [-0.39, 0.29) is 11.4 Å². The first-order valence-electron chi connectivity index (χ1n) is 5.86. The molecule has 3 nitrogen and oxygen atoms in total. The smallest absolute Gasteiger partial charge is 0.209 e. The number of hydrogen-bond donors (Lipinski definition) is 0. The first-order valence-corrected chi connectivity index (χ1v) is 8.13. The van der Waals surface area contributed by atoms with Crippen LogP contribution in [0.5, 0.6) is 0 Å². The summed E-state index contributed by atoms with van der Waals surface area (Å²) in [6.45, 7) is 0. The molecule has 0 aliphatic heterocycles. The van der Waals surface area contributed by atoms with Crippen molar-refractivity contribution in [3.05, 3.63) is 41.5 Å². The van der Waals surface area contributed by atoms with Crippen LogP contribution in [0.1, 0.15) is 17.2 Å². The normalized spacial score (nSPS) is 13.2. The van der Waals surface area contributed by atoms with Gasteiger partial charge >= 0.3 is 6.18 Å². The van der Waals surface area contributed by atoms with Crippen LogP contribution in [0.25, 0.3) is 11.4 Å². The number of nitrogens with zero attached hydrogens (tertiary/aromatic N) is 3. The van der Waals surface area contributed by atoms with Crippen LogP contribution in [-0.4, -0.2) is 15.0 Å². The third-order valence-corrected chi connectivity index (χ3v) is 3.60. The van der Waals surface area contributed by atoms with Gasteiger partial charge in [0.15, 0.2) is 17.5 Å². The molecule has 0 amide bonds. The molecule has 2 rings (SSSR count). The highest BCUT2D eigenvalue weighted by molar-refractivity contribution is 6.67. The summed E-state index contributed by atoms with van der Waals surface area (Å²) < 4.78 is 34.3. The molecular weight excluding hydrogens is 456 g/mol. The second kappa shape index (κ2) is 6.82. The molecule has 0 unspecified atom stereocenters. The van der Waals surface area contributed by atoms with Crippen molar-refractivity contribution in [2.75, 3.05) is 0 Å². The van der Waals surface area contributed by atoms with Gasteiger partial charge in [-0.2, -0.15) is 13.2 Å². The summed E-state index contributed by atoms with van der Waals surface area (Å²) in [5, 5.41) is 0. The Hall–Kier alpha value is -0.240. The van der Waals surface area contributed by atoms with Crippen molar-refractivity contribution in [1.29, 1.82) is 0 Å². The van der Waals surface area contributed by atoms with E-state index < -0.39 is 31.0 Å². The molecule has 0 bridgehead atoms. The summed E-state index contributed by atoms with van der Waals surface area (Å²) in [4.78, 5) is 11.4. The van der Waals surface area contributed by atoms with Crippen LogP contribution >= 0.6 is 69.6 Å². The molecule has 1 aromatic heterocycles. The van der Waals surface area contributed by atoms with Crippen molar-refractivity contribution in [2.45, 2.75) is 13.8 Å². The fourth-order valence-corrected chi connectivity index (χ4v) is 2.10. The molecule has 0 fully saturated rings. The van der Waals surface area contributed by atoms with Crippen molar-refractivity contribution in [1.82, 2.24) is 15.0 Å². The van der Waals surface area contributed by atoms with Crippen LogP contribution in [0.4, 0.5) is 13.2 Å². The zero-order valence-corrected chi connectivity index (χ0v) is 15.6. The minimum Gasteiger partial charge on any atom is -0.209 e. The van der Waals surface area contributed by atoms with Crippen LogP contribution in [0.15, 0.2) is 24.3 Å². The van der Waals surface area contributed by atoms with Crippen LogP contribution in [0, 0.1) is 0 Å². The Bertz CT molecular complexity index is 723. The van der Waals surface area contributed by atoms with Gasteiger partial charge in [0.25, 0.3) is 0 Å². The lowest BCUT2D eigenvalue weighted by molar-refractivity contribution is -0.137. The van der Waals surface area contributed by atoms with E-state index in [0.29, 0.717) is 0 Å². The lowest BCUT2D eigenvalue weighted by Gasteiger charge is -2.16. The van der Waals surface area contributed by atoms with Gasteiger partial charge in [0.1, 0.15) is 0 Å². The Balaban J connectivity index is 2.66. The van der Waals surface area contributed by atoms with E-state index in [0.717, 1.165) is 12.1 Å². The quantitative estimate of drug-likeness (QED) is 0.476. The lowest BCUT2D eigenvalue weighted by atomic mass is 10.1. The van der Waals surface area contributed by atoms with Crippen molar-refractivity contribution >= 4 is 69.6 Å². The number of alkyl halides is 9. The van der Waals surface area contributed by atoms with Gasteiger partial charge in [0.05, 0.1) is 5.56 Å². The molecule has 0 atom stereocenters. The Morgan fingerprint density at radius 3 is 1.67 bits per heavy atom. The first kappa shape index (κ1) is 20.1. The maximum absolute atomic E-state index is 12.8. The Morgan fingerprint density at radius 1 is 0.750 bits per heavy atom. The molecule has 24 heavy (non-hydrogen) atoms. The van der Waals surface area contributed by atoms with E-state index in [1.807, 2.05) is 0 Å². The van der Waals surface area contributed by atoms with Gasteiger partial charge in [-0.25, -0.2) is 15.0 Å². The maximum atomic E-state index is 12.8. The zero-order valence-electron chi connectivity index (χ0n) is 11.1. The van der Waals surface area contributed by atoms with Gasteiger partial charge in [0.2, 0.25) is 7.59 Å². The number of aromatic nitrogens is 3. The highest BCUT2D eigenvalue weighted by Gasteiger charge is 2.35. The molecule has 2 aromatic rings. The number of rotatable bonds is 1. The minimum atomic E-state index is -4.56. The molecule has 1 aromatic carbocycles. The number of benzene rings is 1. The summed E-state index contributed by atoms with van der Waals surface area (Å²) >= 11 is 34.3. The monoisotopic (exact) mass is 457 g/mol. The molecule has 12 heteroatoms. The minimum absolute atomic E-state index is 0.0155. The fraction of sp³-hybridized carbons (Fsp3) is 0.250. The van der Waals surface area contributed by atoms with E-state index in [1.165, 1.54) is 12.1 Å². The molecule has 0 spiro atoms. The molecule has 0 saturated heterocycles. The second-order valence-corrected chi connectivity index (χ2v) is 8.94. The van der Waals surface area contributed by atoms with Crippen molar-refractivity contribution in [3.8, 4) is 11.4 Å². The average Bonchev–Trinajstić information content (AvgIpc) is 2.44. The fourth-order valence-electron chi connectivity index (χ4n) is 1.59. The standard InChI is InChI=1S/C12H4Cl6F3N3/c13-10(14,15)8-22-7(23-9(24-8)11(16,17)18)5-2-1-3-6(4-5)12(19,20)21/h1-4H. The predicted octanol–water partition coefficient (Wildman–Crippen LogP) is 6.21. The van der Waals surface area contributed by atoms with Gasteiger partial charge < -0.3 is 0 Å². The van der Waals surface area contributed by atoms with Crippen molar-refractivity contribution in [3.63, 3.8) is 0 Å². The highest BCUT2D eigenvalue weighted by atomic mass is 35.6. The van der Waals surface area contributed by atoms with Crippen LogP contribution in [0.3, 0.4) is 0 Å². The highest BCUT2D eigenvalue weighted by Crippen LogP contribution is 2.41. The molecule has 1 heterocycles. The SMILES string of the molecule is FC(F)(F)c1cccc(-c2nc(C(Cl)(Cl)Cl)nc(C(Cl)(Cl)Cl)n2)c1. The molecule has 0 radical (unpaired) electrons. The average molecular weight is 460 g/mol. The third-order valence-electron chi connectivity index (χ3n) is 2.59. The molecule has 0 saturated carbocycles. The molecule has 0 N–H and O–H groups in total. The van der Waals surface area contributed by atoms with Gasteiger partial charge in [-0.3, -0.25) is 0 Å². The first-order chi connectivity index (χ1) is 10.8. The molecule has 0 aliphatic carbocycles. The lowest BCUT2D eigenvalue weighted by Crippen LogP contribution is -2.17. The van der Waals surface area contributed by atoms with Crippen molar-refractivity contribution in [2.24, 2.45) is 0 Å². The van der Waals surface area contributed by atoms with Gasteiger partial charge in [-0.05, 0) is 12.1 Å². The summed E-state index contributed by atoms with van der Waals surface area (Å²) in [5.74, 6) is -1.02. The van der Waals surface area contributed by atoms with Crippen LogP contribution in [-0.2, 0) is 13.8 Å². The summed E-state index contributed by atoms with van der Waals surface area (Å²) in [6.07, 6.45) is -4.56. The Labute approximate surface area is 164 Å². The predicted molar refractivity (Wildman–Crippen MR) is 88.7 cm³/mol. The number of hydrogen-bond acceptors (Lipinski definition) is 3. The maximum Gasteiger partial charge on any atom is 0.416 e. The zero-order chi connectivity index (χ0) is 18.3. The second-order valence-electron chi connectivity index (χ2n) is 4.38. The van der Waals surface area contributed by atoms with E-state index in [1.54, 1.807) is 0 Å². The topological polar surface area (TPSA) is 38.7 Å². The Morgan fingerprint density at radius 2 is 1.25 bits per heavy atom. The van der Waals surface area contributed by atoms with Crippen LogP contribution in [0.2, 0.25) is 0 Å². The molecule has 0 aliphatic rings. The third kappa shape index (κ3) is 4.90. The van der Waals surface area contributed by atoms with Gasteiger partial charge in [-0.15, -0.1) is 0 Å². The van der Waals surface area contributed by atoms with Gasteiger partial charge in [0, 0.05) is 5.56 Å². The van der Waals surface area contributed by atoms with E-state index in [9.17, 15) is 13.2 Å². The summed E-state index contributed by atoms with van der Waals surface area (Å²) in [6, 6.07) is 4.21. The molecular formula is C12H4Cl6F3N3. The Kier molecular flexibility index (Phi) is 5.70. The van der Waals surface area contributed by atoms with E-state index >= 15 is 0 Å². The van der Waals surface area contributed by atoms with E-state index in [4.69, 9.17) is 69.6 Å². The largest absolute Gasteiger partial charge is 0.416 e. The van der Waals surface area contributed by atoms with Crippen LogP contribution < -0.4 is 0 Å². The van der Waals surface area contributed by atoms with E-state index in [2.05, 4.69) is 15.0 Å². The summed E-state index contributed by atoms with van der Waals surface area (Å²) in [7, 11) is 0. The summed E-state index contributed by atoms with van der Waals surface area (Å²) in [5.41, 5.74) is -0.926. The number of halogens is 9. The van der Waals surface area contributed by atoms with Gasteiger partial charge in [-0.1, -0.05) is 81.7 Å². The van der Waals surface area contributed by atoms with Crippen molar-refractivity contribution < 1.29 is 13.2 Å².